The maximum absolute atomic E-state index is 13.8. The summed E-state index contributed by atoms with van der Waals surface area (Å²) in [4.78, 5) is 9.02. The van der Waals surface area contributed by atoms with E-state index in [0.29, 0.717) is 23.6 Å². The van der Waals surface area contributed by atoms with Crippen LogP contribution in [0.4, 0.5) is 10.2 Å². The third-order valence-corrected chi connectivity index (χ3v) is 4.65. The van der Waals surface area contributed by atoms with Crippen LogP contribution in [0.5, 0.6) is 0 Å². The maximum Gasteiger partial charge on any atom is 0.182 e. The van der Waals surface area contributed by atoms with Crippen LogP contribution < -0.4 is 5.32 Å². The van der Waals surface area contributed by atoms with E-state index in [1.54, 1.807) is 23.0 Å². The molecule has 0 aliphatic carbocycles. The molecular weight excluding hydrogens is 317 g/mol. The van der Waals surface area contributed by atoms with E-state index < -0.39 is 0 Å². The Labute approximate surface area is 145 Å². The topological polar surface area (TPSA) is 55.6 Å². The first-order valence-electron chi connectivity index (χ1n) is 8.06. The van der Waals surface area contributed by atoms with Crippen molar-refractivity contribution in [1.82, 2.24) is 19.7 Å². The Balaban J connectivity index is 1.62. The lowest BCUT2D eigenvalue weighted by atomic mass is 9.86. The molecule has 0 radical (unpaired) electrons. The second kappa shape index (κ2) is 5.51. The highest BCUT2D eigenvalue weighted by atomic mass is 19.1. The van der Waals surface area contributed by atoms with Crippen molar-refractivity contribution >= 4 is 5.82 Å². The fourth-order valence-corrected chi connectivity index (χ4v) is 2.89. The van der Waals surface area contributed by atoms with Gasteiger partial charge >= 0.3 is 0 Å². The standard InChI is InChI=1S/C19H18FN5/c1-12-19(2,3)14-10-21-18(23-17(14)22-12)16-8-9-25(24-16)11-13-6-4-5-7-15(13)20/h4-10H,1,11H2,2-3H3,(H,21,22,23). The minimum atomic E-state index is -0.238. The molecule has 0 unspecified atom stereocenters. The number of hydrogen-bond acceptors (Lipinski definition) is 4. The fraction of sp³-hybridized carbons (Fsp3) is 0.211. The van der Waals surface area contributed by atoms with Crippen LogP contribution in [0.25, 0.3) is 11.5 Å². The summed E-state index contributed by atoms with van der Waals surface area (Å²) in [6, 6.07) is 8.52. The van der Waals surface area contributed by atoms with Gasteiger partial charge in [-0.2, -0.15) is 5.10 Å². The molecule has 0 saturated carbocycles. The SMILES string of the molecule is C=C1Nc2nc(-c3ccn(Cc4ccccc4F)n3)ncc2C1(C)C. The Morgan fingerprint density at radius 1 is 1.24 bits per heavy atom. The molecular formula is C19H18FN5. The van der Waals surface area contributed by atoms with Crippen molar-refractivity contribution in [2.75, 3.05) is 5.32 Å². The van der Waals surface area contributed by atoms with Crippen molar-refractivity contribution in [3.63, 3.8) is 0 Å². The molecule has 0 amide bonds. The first-order chi connectivity index (χ1) is 11.9. The average molecular weight is 335 g/mol. The lowest BCUT2D eigenvalue weighted by Crippen LogP contribution is -2.16. The van der Waals surface area contributed by atoms with Gasteiger partial charge in [-0.3, -0.25) is 4.68 Å². The number of nitrogens with zero attached hydrogens (tertiary/aromatic N) is 4. The van der Waals surface area contributed by atoms with Gasteiger partial charge in [-0.25, -0.2) is 14.4 Å². The van der Waals surface area contributed by atoms with Gasteiger partial charge in [0, 0.05) is 34.6 Å². The Morgan fingerprint density at radius 2 is 2.04 bits per heavy atom. The van der Waals surface area contributed by atoms with Gasteiger partial charge in [0.05, 0.1) is 6.54 Å². The van der Waals surface area contributed by atoms with Gasteiger partial charge in [0.2, 0.25) is 0 Å². The molecule has 4 rings (SSSR count). The van der Waals surface area contributed by atoms with Crippen LogP contribution in [0.3, 0.4) is 0 Å². The summed E-state index contributed by atoms with van der Waals surface area (Å²) in [6.07, 6.45) is 3.62. The molecule has 25 heavy (non-hydrogen) atoms. The van der Waals surface area contributed by atoms with Crippen LogP contribution in [0.1, 0.15) is 25.0 Å². The number of rotatable bonds is 3. The molecule has 3 heterocycles. The van der Waals surface area contributed by atoms with E-state index in [1.807, 2.05) is 18.3 Å². The second-order valence-electron chi connectivity index (χ2n) is 6.67. The van der Waals surface area contributed by atoms with Gasteiger partial charge in [-0.05, 0) is 12.1 Å². The maximum atomic E-state index is 13.8. The smallest absolute Gasteiger partial charge is 0.182 e. The Hall–Kier alpha value is -3.02. The van der Waals surface area contributed by atoms with Crippen molar-refractivity contribution in [2.24, 2.45) is 0 Å². The summed E-state index contributed by atoms with van der Waals surface area (Å²) in [5.41, 5.74) is 2.96. The van der Waals surface area contributed by atoms with Crippen LogP contribution in [-0.2, 0) is 12.0 Å². The largest absolute Gasteiger partial charge is 0.343 e. The van der Waals surface area contributed by atoms with E-state index in [9.17, 15) is 4.39 Å². The number of halogens is 1. The zero-order valence-electron chi connectivity index (χ0n) is 14.1. The molecule has 5 nitrogen and oxygen atoms in total. The number of allylic oxidation sites excluding steroid dienone is 1. The molecule has 1 aliphatic heterocycles. The van der Waals surface area contributed by atoms with Crippen LogP contribution in [0.15, 0.2) is 55.0 Å². The third kappa shape index (κ3) is 2.59. The lowest BCUT2D eigenvalue weighted by Gasteiger charge is -2.17. The van der Waals surface area contributed by atoms with Crippen molar-refractivity contribution in [3.8, 4) is 11.5 Å². The summed E-state index contributed by atoms with van der Waals surface area (Å²) in [7, 11) is 0. The normalized spacial score (nSPS) is 15.1. The quantitative estimate of drug-likeness (QED) is 0.792. The summed E-state index contributed by atoms with van der Waals surface area (Å²) in [6.45, 7) is 8.58. The molecule has 1 N–H and O–H groups in total. The summed E-state index contributed by atoms with van der Waals surface area (Å²) >= 11 is 0. The third-order valence-electron chi connectivity index (χ3n) is 4.65. The number of benzene rings is 1. The molecule has 3 aromatic rings. The van der Waals surface area contributed by atoms with Crippen molar-refractivity contribution in [1.29, 1.82) is 0 Å². The number of anilines is 1. The summed E-state index contributed by atoms with van der Waals surface area (Å²) in [5.74, 6) is 1.06. The summed E-state index contributed by atoms with van der Waals surface area (Å²) < 4.78 is 15.5. The van der Waals surface area contributed by atoms with Gasteiger partial charge in [0.15, 0.2) is 5.82 Å². The van der Waals surface area contributed by atoms with Gasteiger partial charge in [-0.15, -0.1) is 0 Å². The Kier molecular flexibility index (Phi) is 3.42. The minimum absolute atomic E-state index is 0.196. The number of hydrogen-bond donors (Lipinski definition) is 1. The number of fused-ring (bicyclic) bond motifs is 1. The molecule has 6 heteroatoms. The zero-order chi connectivity index (χ0) is 17.6. The van der Waals surface area contributed by atoms with E-state index in [1.165, 1.54) is 6.07 Å². The Bertz CT molecular complexity index is 973. The van der Waals surface area contributed by atoms with Crippen LogP contribution in [-0.4, -0.2) is 19.7 Å². The molecule has 1 aromatic carbocycles. The van der Waals surface area contributed by atoms with E-state index >= 15 is 0 Å². The van der Waals surface area contributed by atoms with Crippen molar-refractivity contribution in [3.05, 3.63) is 71.9 Å². The molecule has 0 saturated heterocycles. The number of aromatic nitrogens is 4. The second-order valence-corrected chi connectivity index (χ2v) is 6.67. The number of nitrogens with one attached hydrogen (secondary N) is 1. The highest BCUT2D eigenvalue weighted by Gasteiger charge is 2.35. The van der Waals surface area contributed by atoms with Gasteiger partial charge in [0.25, 0.3) is 0 Å². The first-order valence-corrected chi connectivity index (χ1v) is 8.06. The fourth-order valence-electron chi connectivity index (χ4n) is 2.89. The van der Waals surface area contributed by atoms with Gasteiger partial charge in [-0.1, -0.05) is 38.6 Å². The monoisotopic (exact) mass is 335 g/mol. The summed E-state index contributed by atoms with van der Waals surface area (Å²) in [5, 5.41) is 7.69. The van der Waals surface area contributed by atoms with E-state index in [-0.39, 0.29) is 11.2 Å². The van der Waals surface area contributed by atoms with Crippen LogP contribution in [0, 0.1) is 5.82 Å². The van der Waals surface area contributed by atoms with Gasteiger partial charge in [0.1, 0.15) is 17.3 Å². The molecule has 2 aromatic heterocycles. The van der Waals surface area contributed by atoms with Crippen molar-refractivity contribution in [2.45, 2.75) is 25.8 Å². The highest BCUT2D eigenvalue weighted by Crippen LogP contribution is 2.41. The van der Waals surface area contributed by atoms with Crippen LogP contribution >= 0.6 is 0 Å². The molecule has 0 fully saturated rings. The lowest BCUT2D eigenvalue weighted by molar-refractivity contribution is 0.585. The molecule has 1 aliphatic rings. The predicted octanol–water partition coefficient (Wildman–Crippen LogP) is 3.74. The molecule has 126 valence electrons. The molecule has 0 bridgehead atoms. The first kappa shape index (κ1) is 15.5. The van der Waals surface area contributed by atoms with E-state index in [0.717, 1.165) is 17.1 Å². The zero-order valence-corrected chi connectivity index (χ0v) is 14.1. The van der Waals surface area contributed by atoms with E-state index in [4.69, 9.17) is 0 Å². The minimum Gasteiger partial charge on any atom is -0.343 e. The average Bonchev–Trinajstić information content (AvgIpc) is 3.13. The molecule has 0 atom stereocenters. The molecule has 0 spiro atoms. The van der Waals surface area contributed by atoms with Crippen molar-refractivity contribution < 1.29 is 4.39 Å². The predicted molar refractivity (Wildman–Crippen MR) is 94.5 cm³/mol. The Morgan fingerprint density at radius 3 is 2.84 bits per heavy atom. The van der Waals surface area contributed by atoms with Gasteiger partial charge < -0.3 is 5.32 Å². The highest BCUT2D eigenvalue weighted by molar-refractivity contribution is 5.65. The van der Waals surface area contributed by atoms with Crippen LogP contribution in [0.2, 0.25) is 0 Å². The van der Waals surface area contributed by atoms with E-state index in [2.05, 4.69) is 40.8 Å².